The number of ether oxygens (including phenoxy) is 2. The number of methoxy groups -OCH3 is 2. The summed E-state index contributed by atoms with van der Waals surface area (Å²) in [6.07, 6.45) is 0. The van der Waals surface area contributed by atoms with Crippen molar-refractivity contribution in [1.29, 1.82) is 0 Å². The lowest BCUT2D eigenvalue weighted by atomic mass is 10.1. The molecule has 0 aliphatic heterocycles. The number of rotatable bonds is 8. The van der Waals surface area contributed by atoms with E-state index in [-0.39, 0.29) is 0 Å². The van der Waals surface area contributed by atoms with Gasteiger partial charge in [0, 0.05) is 5.90 Å². The maximum Gasteiger partial charge on any atom is 0.434 e. The molecule has 0 amide bonds. The Balaban J connectivity index is 3.72. The molecule has 0 N–H and O–H groups in total. The summed E-state index contributed by atoms with van der Waals surface area (Å²) in [5, 5.41) is -2.23. The van der Waals surface area contributed by atoms with Crippen molar-refractivity contribution in [2.75, 3.05) is 14.2 Å². The lowest BCUT2D eigenvalue weighted by molar-refractivity contribution is -0.246. The molecule has 0 saturated carbocycles. The van der Waals surface area contributed by atoms with Crippen molar-refractivity contribution in [1.82, 2.24) is 0 Å². The van der Waals surface area contributed by atoms with Crippen LogP contribution in [0.1, 0.15) is 26.3 Å². The van der Waals surface area contributed by atoms with Crippen molar-refractivity contribution < 1.29 is 71.9 Å². The smallest absolute Gasteiger partial charge is 0.434 e. The first kappa shape index (κ1) is 28.1. The summed E-state index contributed by atoms with van der Waals surface area (Å²) < 4.78 is 145. The molecule has 0 saturated heterocycles. The second-order valence-electron chi connectivity index (χ2n) is 5.72. The number of hydrogen-bond donors (Lipinski definition) is 0. The third kappa shape index (κ3) is 4.88. The predicted octanol–water partition coefficient (Wildman–Crippen LogP) is 0.0626. The van der Waals surface area contributed by atoms with Gasteiger partial charge in [-0.3, -0.25) is 0 Å². The highest BCUT2D eigenvalue weighted by Gasteiger charge is 2.80. The molecule has 0 aromatic heterocycles. The Morgan fingerprint density at radius 2 is 1.18 bits per heavy atom. The fourth-order valence-electron chi connectivity index (χ4n) is 1.93. The summed E-state index contributed by atoms with van der Waals surface area (Å²) in [5.74, 6) is -12.3. The largest absolute Gasteiger partial charge is 0.858 e. The van der Waals surface area contributed by atoms with Gasteiger partial charge in [-0.05, 0) is 23.8 Å². The highest BCUT2D eigenvalue weighted by Crippen LogP contribution is 2.50. The average molecular weight is 529 g/mol. The topological polar surface area (TPSA) is 179 Å². The van der Waals surface area contributed by atoms with E-state index in [0.717, 1.165) is 20.3 Å². The summed E-state index contributed by atoms with van der Waals surface area (Å²) in [4.78, 5) is 23.2. The number of nitrogens with zero attached hydrogens (tertiary/aromatic N) is 1. The number of halogens is 6. The molecule has 11 nitrogen and oxygen atoms in total. The van der Waals surface area contributed by atoms with E-state index < -0.39 is 71.1 Å². The molecule has 33 heavy (non-hydrogen) atoms. The van der Waals surface area contributed by atoms with Crippen LogP contribution in [0.5, 0.6) is 0 Å². The van der Waals surface area contributed by atoms with Gasteiger partial charge in [-0.15, -0.1) is 0 Å². The molecule has 19 heteroatoms. The summed E-state index contributed by atoms with van der Waals surface area (Å²) in [6.45, 7) is 0. The number of alkyl halides is 6. The van der Waals surface area contributed by atoms with E-state index >= 15 is 0 Å². The lowest BCUT2D eigenvalue weighted by Gasteiger charge is -2.32. The van der Waals surface area contributed by atoms with Gasteiger partial charge in [-0.1, -0.05) is 0 Å². The maximum atomic E-state index is 13.8. The molecule has 0 bridgehead atoms. The number of sulfonamides is 1. The predicted molar refractivity (Wildman–Crippen MR) is 89.1 cm³/mol. The Hall–Kier alpha value is -2.93. The van der Waals surface area contributed by atoms with Crippen molar-refractivity contribution in [3.63, 3.8) is 0 Å². The van der Waals surface area contributed by atoms with Gasteiger partial charge in [0.15, 0.2) is 10.1 Å². The summed E-state index contributed by atoms with van der Waals surface area (Å²) in [5.41, 5.74) is -2.56. The van der Waals surface area contributed by atoms with E-state index in [9.17, 15) is 62.4 Å². The van der Waals surface area contributed by atoms with Crippen LogP contribution in [-0.2, 0) is 29.6 Å². The van der Waals surface area contributed by atoms with Gasteiger partial charge < -0.3 is 19.1 Å². The molecule has 0 fully saturated rings. The number of carbonyl (C=O) groups is 2. The maximum absolute atomic E-state index is 13.8. The second-order valence-corrected chi connectivity index (χ2v) is 8.78. The van der Waals surface area contributed by atoms with Crippen molar-refractivity contribution >= 4 is 38.0 Å². The molecule has 1 aromatic carbocycles. The van der Waals surface area contributed by atoms with Gasteiger partial charge in [-0.25, -0.2) is 18.0 Å². The normalized spacial score (nSPS) is 14.0. The van der Waals surface area contributed by atoms with Gasteiger partial charge in [0.1, 0.15) is 0 Å². The molecule has 0 atom stereocenters. The molecule has 186 valence electrons. The van der Waals surface area contributed by atoms with Crippen LogP contribution < -0.4 is 5.11 Å². The third-order valence-electron chi connectivity index (χ3n) is 3.59. The fourth-order valence-corrected chi connectivity index (χ4v) is 3.33. The van der Waals surface area contributed by atoms with Crippen LogP contribution >= 0.6 is 0 Å². The first-order valence-corrected chi connectivity index (χ1v) is 10.4. The molecule has 0 spiro atoms. The number of hydrogen-bond acceptors (Lipinski definition) is 10. The van der Waals surface area contributed by atoms with Gasteiger partial charge in [0.2, 0.25) is 0 Å². The van der Waals surface area contributed by atoms with Crippen LogP contribution in [-0.4, -0.2) is 69.9 Å². The van der Waals surface area contributed by atoms with Crippen molar-refractivity contribution in [3.8, 4) is 0 Å². The van der Waals surface area contributed by atoms with Crippen molar-refractivity contribution in [2.24, 2.45) is 4.40 Å². The molecule has 1 aromatic rings. The van der Waals surface area contributed by atoms with Crippen LogP contribution in [0.25, 0.3) is 0 Å². The highest BCUT2D eigenvalue weighted by atomic mass is 32.2. The van der Waals surface area contributed by atoms with Gasteiger partial charge in [0.05, 0.1) is 25.3 Å². The number of esters is 2. The molecule has 0 aliphatic rings. The Morgan fingerprint density at radius 3 is 1.52 bits per heavy atom. The highest BCUT2D eigenvalue weighted by molar-refractivity contribution is 7.91. The summed E-state index contributed by atoms with van der Waals surface area (Å²) >= 11 is 0. The van der Waals surface area contributed by atoms with E-state index in [2.05, 4.69) is 9.47 Å². The molecule has 1 rings (SSSR count). The van der Waals surface area contributed by atoms with E-state index in [4.69, 9.17) is 0 Å². The van der Waals surface area contributed by atoms with Crippen molar-refractivity contribution in [2.45, 2.75) is 16.4 Å². The van der Waals surface area contributed by atoms with Crippen LogP contribution in [0.15, 0.2) is 22.6 Å². The Kier molecular flexibility index (Phi) is 7.48. The Bertz CT molecular complexity index is 1180. The second kappa shape index (κ2) is 8.78. The summed E-state index contributed by atoms with van der Waals surface area (Å²) in [6, 6.07) is 1.55. The SMILES string of the molecule is COC(=O)c1cc(C(=O)OC)cc(C([O-])=NS(=O)(=O)C(F)(F)C(F)(F)C(F)(F)S(=O)(=O)[O-])c1. The first-order chi connectivity index (χ1) is 14.7. The van der Waals surface area contributed by atoms with Gasteiger partial charge >= 0.3 is 38.4 Å². The quantitative estimate of drug-likeness (QED) is 0.147. The standard InChI is InChI=1S/C14H11F6NO10S2/c1-30-10(23)7-3-6(4-8(5-7)11(24)31-2)9(22)21-32(25,26)13(17,18)12(15,16)14(19,20)33(27,28)29/h3-5H,1-2H3,(H,21,22)(H,27,28,29)/p-2. The van der Waals surface area contributed by atoms with Gasteiger partial charge in [0.25, 0.3) is 0 Å². The molecule has 0 aliphatic carbocycles. The zero-order valence-corrected chi connectivity index (χ0v) is 17.5. The molecule has 0 unspecified atom stereocenters. The van der Waals surface area contributed by atoms with E-state index in [1.54, 1.807) is 4.40 Å². The van der Waals surface area contributed by atoms with Crippen LogP contribution in [0.4, 0.5) is 26.3 Å². The first-order valence-electron chi connectivity index (χ1n) is 7.60. The van der Waals surface area contributed by atoms with E-state index in [1.807, 2.05) is 0 Å². The monoisotopic (exact) mass is 529 g/mol. The van der Waals surface area contributed by atoms with Gasteiger partial charge in [-0.2, -0.15) is 39.2 Å². The number of benzene rings is 1. The Morgan fingerprint density at radius 1 is 0.818 bits per heavy atom. The van der Waals surface area contributed by atoms with Crippen LogP contribution in [0.2, 0.25) is 0 Å². The molecule has 0 heterocycles. The lowest BCUT2D eigenvalue weighted by Crippen LogP contribution is -2.60. The zero-order chi connectivity index (χ0) is 26.2. The molecular formula is C14H9F6NO10S2-2. The zero-order valence-electron chi connectivity index (χ0n) is 15.8. The minimum absolute atomic E-state index is 0.409. The summed E-state index contributed by atoms with van der Waals surface area (Å²) in [7, 11) is -13.2. The van der Waals surface area contributed by atoms with E-state index in [1.165, 1.54) is 0 Å². The van der Waals surface area contributed by atoms with E-state index in [0.29, 0.717) is 12.1 Å². The minimum atomic E-state index is -7.53. The number of carbonyl (C=O) groups excluding carboxylic acids is 2. The Labute approximate surface area is 180 Å². The minimum Gasteiger partial charge on any atom is -0.858 e. The third-order valence-corrected chi connectivity index (χ3v) is 5.79. The molecular weight excluding hydrogens is 520 g/mol. The van der Waals surface area contributed by atoms with Crippen LogP contribution in [0, 0.1) is 0 Å². The molecule has 0 radical (unpaired) electrons. The van der Waals surface area contributed by atoms with Crippen LogP contribution in [0.3, 0.4) is 0 Å². The fraction of sp³-hybridized carbons (Fsp3) is 0.357. The van der Waals surface area contributed by atoms with Crippen molar-refractivity contribution in [3.05, 3.63) is 34.9 Å². The average Bonchev–Trinajstić information content (AvgIpc) is 2.70.